The average Bonchev–Trinajstić information content (AvgIpc) is 2.95. The number of carbonyl (C=O) groups is 3. The predicted molar refractivity (Wildman–Crippen MR) is 147 cm³/mol. The van der Waals surface area contributed by atoms with Crippen molar-refractivity contribution in [3.63, 3.8) is 0 Å². The van der Waals surface area contributed by atoms with Crippen molar-refractivity contribution in [2.45, 2.75) is 32.0 Å². The van der Waals surface area contributed by atoms with Gasteiger partial charge in [0, 0.05) is 31.1 Å². The second kappa shape index (κ2) is 14.3. The number of amidine groups is 1. The molecule has 9 nitrogen and oxygen atoms in total. The van der Waals surface area contributed by atoms with E-state index in [2.05, 4.69) is 11.4 Å². The minimum Gasteiger partial charge on any atom is -0.475 e. The van der Waals surface area contributed by atoms with E-state index >= 15 is 0 Å². The molecule has 0 spiro atoms. The first-order valence-electron chi connectivity index (χ1n) is 12.2. The van der Waals surface area contributed by atoms with Gasteiger partial charge in [0.05, 0.1) is 11.6 Å². The topological polar surface area (TPSA) is 160 Å². The van der Waals surface area contributed by atoms with Gasteiger partial charge in [0.15, 0.2) is 0 Å². The van der Waals surface area contributed by atoms with Gasteiger partial charge in [-0.2, -0.15) is 18.4 Å². The fourth-order valence-corrected chi connectivity index (χ4v) is 3.71. The molecule has 0 saturated carbocycles. The Morgan fingerprint density at radius 1 is 1.07 bits per heavy atom. The minimum atomic E-state index is -5.08. The van der Waals surface area contributed by atoms with E-state index in [-0.39, 0.29) is 30.5 Å². The number of carboxylic acid groups (broad SMARTS) is 1. The second-order valence-corrected chi connectivity index (χ2v) is 8.72. The number of hydrogen-bond acceptors (Lipinski definition) is 5. The Balaban J connectivity index is 0.000000745. The number of aliphatic carboxylic acids is 1. The summed E-state index contributed by atoms with van der Waals surface area (Å²) in [5.74, 6) is -3.28. The molecule has 3 rings (SSSR count). The molecule has 41 heavy (non-hydrogen) atoms. The van der Waals surface area contributed by atoms with Gasteiger partial charge in [-0.25, -0.2) is 4.79 Å². The fourth-order valence-electron chi connectivity index (χ4n) is 3.71. The van der Waals surface area contributed by atoms with Crippen molar-refractivity contribution in [1.82, 2.24) is 4.90 Å². The standard InChI is InChI=1S/C27H27N5O2.C2HF3O2/c1-3-25(33)32(2)24(16-18-7-6-9-20(15-18)26(29)30)27(34)31-22-13-11-19(12-14-22)23-10-5-4-8-21(23)17-28;3-2(4,5)1(6)7/h4-15,24H,3,16H2,1-2H3,(H3,29,30)(H,31,34);(H,6,7)/t24-;/m0./s1. The Labute approximate surface area is 234 Å². The SMILES string of the molecule is CCC(=O)N(C)[C@@H](Cc1cccc(C(=N)N)c1)C(=O)Nc1ccc(-c2ccccc2C#N)cc1.O=C(O)C(F)(F)F. The smallest absolute Gasteiger partial charge is 0.475 e. The largest absolute Gasteiger partial charge is 0.490 e. The number of nitrogens with zero attached hydrogens (tertiary/aromatic N) is 2. The van der Waals surface area contributed by atoms with E-state index in [0.717, 1.165) is 16.7 Å². The number of nitrogens with two attached hydrogens (primary N) is 1. The van der Waals surface area contributed by atoms with E-state index in [1.807, 2.05) is 36.4 Å². The number of nitrogens with one attached hydrogen (secondary N) is 2. The summed E-state index contributed by atoms with van der Waals surface area (Å²) in [6.45, 7) is 1.75. The van der Waals surface area contributed by atoms with Crippen LogP contribution in [-0.2, 0) is 20.8 Å². The number of likely N-dealkylation sites (N-methyl/N-ethyl adjacent to an activating group) is 1. The van der Waals surface area contributed by atoms with Crippen LogP contribution in [0.2, 0.25) is 0 Å². The van der Waals surface area contributed by atoms with E-state index in [1.54, 1.807) is 50.4 Å². The number of rotatable bonds is 8. The van der Waals surface area contributed by atoms with Crippen molar-refractivity contribution in [3.8, 4) is 17.2 Å². The van der Waals surface area contributed by atoms with Gasteiger partial charge >= 0.3 is 12.1 Å². The fraction of sp³-hybridized carbons (Fsp3) is 0.207. The van der Waals surface area contributed by atoms with E-state index in [9.17, 15) is 28.0 Å². The van der Waals surface area contributed by atoms with Crippen molar-refractivity contribution in [3.05, 3.63) is 89.5 Å². The summed E-state index contributed by atoms with van der Waals surface area (Å²) in [5, 5.41) is 27.0. The maximum atomic E-state index is 13.2. The van der Waals surface area contributed by atoms with Crippen LogP contribution in [0.1, 0.15) is 30.0 Å². The Morgan fingerprint density at radius 3 is 2.22 bits per heavy atom. The number of benzene rings is 3. The van der Waals surface area contributed by atoms with Gasteiger partial charge in [-0.3, -0.25) is 15.0 Å². The predicted octanol–water partition coefficient (Wildman–Crippen LogP) is 4.56. The monoisotopic (exact) mass is 567 g/mol. The molecule has 0 fully saturated rings. The van der Waals surface area contributed by atoms with Gasteiger partial charge in [-0.15, -0.1) is 0 Å². The first kappa shape index (κ1) is 32.0. The molecular weight excluding hydrogens is 539 g/mol. The zero-order chi connectivity index (χ0) is 30.7. The summed E-state index contributed by atoms with van der Waals surface area (Å²) in [5.41, 5.74) is 9.81. The first-order chi connectivity index (χ1) is 19.3. The van der Waals surface area contributed by atoms with Gasteiger partial charge in [-0.05, 0) is 41.0 Å². The zero-order valence-electron chi connectivity index (χ0n) is 22.2. The highest BCUT2D eigenvalue weighted by Crippen LogP contribution is 2.25. The molecule has 0 aliphatic heterocycles. The third-order valence-electron chi connectivity index (χ3n) is 5.89. The normalized spacial score (nSPS) is 11.2. The first-order valence-corrected chi connectivity index (χ1v) is 12.2. The molecule has 0 radical (unpaired) electrons. The van der Waals surface area contributed by atoms with Crippen LogP contribution in [0.4, 0.5) is 18.9 Å². The maximum absolute atomic E-state index is 13.2. The van der Waals surface area contributed by atoms with E-state index in [0.29, 0.717) is 16.8 Å². The Kier molecular flexibility index (Phi) is 11.2. The average molecular weight is 568 g/mol. The summed E-state index contributed by atoms with van der Waals surface area (Å²) in [7, 11) is 1.62. The van der Waals surface area contributed by atoms with Crippen LogP contribution in [0.3, 0.4) is 0 Å². The highest BCUT2D eigenvalue weighted by molar-refractivity contribution is 5.98. The second-order valence-electron chi connectivity index (χ2n) is 8.72. The number of alkyl halides is 3. The molecule has 0 heterocycles. The molecule has 3 aromatic rings. The molecular formula is C29H28F3N5O4. The molecule has 0 saturated heterocycles. The number of amides is 2. The summed E-state index contributed by atoms with van der Waals surface area (Å²) in [6.07, 6.45) is -4.52. The van der Waals surface area contributed by atoms with Crippen LogP contribution in [-0.4, -0.2) is 52.9 Å². The number of carboxylic acids is 1. The molecule has 3 aromatic carbocycles. The molecule has 2 amide bonds. The van der Waals surface area contributed by atoms with Gasteiger partial charge in [0.1, 0.15) is 11.9 Å². The molecule has 0 aliphatic carbocycles. The van der Waals surface area contributed by atoms with Gasteiger partial charge in [-0.1, -0.05) is 55.5 Å². The van der Waals surface area contributed by atoms with E-state index in [4.69, 9.17) is 21.0 Å². The molecule has 0 aromatic heterocycles. The molecule has 0 unspecified atom stereocenters. The summed E-state index contributed by atoms with van der Waals surface area (Å²) in [6, 6.07) is 23.1. The van der Waals surface area contributed by atoms with Crippen LogP contribution < -0.4 is 11.1 Å². The van der Waals surface area contributed by atoms with E-state index in [1.165, 1.54) is 4.90 Å². The molecule has 0 aliphatic rings. The van der Waals surface area contributed by atoms with E-state index < -0.39 is 18.2 Å². The lowest BCUT2D eigenvalue weighted by Crippen LogP contribution is -2.46. The Bertz CT molecular complexity index is 1450. The van der Waals surface area contributed by atoms with Gasteiger partial charge in [0.25, 0.3) is 0 Å². The number of nitrogen functional groups attached to an aromatic ring is 1. The third kappa shape index (κ3) is 9.21. The van der Waals surface area contributed by atoms with Gasteiger partial charge in [0.2, 0.25) is 11.8 Å². The molecule has 5 N–H and O–H groups in total. The van der Waals surface area contributed by atoms with Crippen molar-refractivity contribution in [2.75, 3.05) is 12.4 Å². The number of halogens is 3. The van der Waals surface area contributed by atoms with Crippen LogP contribution >= 0.6 is 0 Å². The quantitative estimate of drug-likeness (QED) is 0.231. The highest BCUT2D eigenvalue weighted by Gasteiger charge is 2.38. The van der Waals surface area contributed by atoms with Gasteiger partial charge < -0.3 is 21.1 Å². The lowest BCUT2D eigenvalue weighted by molar-refractivity contribution is -0.192. The van der Waals surface area contributed by atoms with Crippen molar-refractivity contribution in [2.24, 2.45) is 5.73 Å². The van der Waals surface area contributed by atoms with Crippen molar-refractivity contribution in [1.29, 1.82) is 10.7 Å². The summed E-state index contributed by atoms with van der Waals surface area (Å²) < 4.78 is 31.7. The summed E-state index contributed by atoms with van der Waals surface area (Å²) >= 11 is 0. The molecule has 214 valence electrons. The van der Waals surface area contributed by atoms with Crippen molar-refractivity contribution >= 4 is 29.3 Å². The maximum Gasteiger partial charge on any atom is 0.490 e. The summed E-state index contributed by atoms with van der Waals surface area (Å²) in [4.78, 5) is 36.0. The number of carbonyl (C=O) groups excluding carboxylic acids is 2. The third-order valence-corrected chi connectivity index (χ3v) is 5.89. The lowest BCUT2D eigenvalue weighted by Gasteiger charge is -2.27. The van der Waals surface area contributed by atoms with Crippen LogP contribution in [0.25, 0.3) is 11.1 Å². The molecule has 1 atom stereocenters. The van der Waals surface area contributed by atoms with Crippen LogP contribution in [0, 0.1) is 16.7 Å². The van der Waals surface area contributed by atoms with Crippen LogP contribution in [0.5, 0.6) is 0 Å². The highest BCUT2D eigenvalue weighted by atomic mass is 19.4. The lowest BCUT2D eigenvalue weighted by atomic mass is 10.00. The molecule has 12 heteroatoms. The Morgan fingerprint density at radius 2 is 1.68 bits per heavy atom. The zero-order valence-corrected chi connectivity index (χ0v) is 22.2. The minimum absolute atomic E-state index is 0.0566. The molecule has 0 bridgehead atoms. The Hall–Kier alpha value is -5.18. The number of nitriles is 1. The number of hydrogen-bond donors (Lipinski definition) is 4. The van der Waals surface area contributed by atoms with Crippen LogP contribution in [0.15, 0.2) is 72.8 Å². The van der Waals surface area contributed by atoms with Crippen molar-refractivity contribution < 1.29 is 32.7 Å². The number of anilines is 1.